The number of carbonyl (C=O) groups is 1. The van der Waals surface area contributed by atoms with Gasteiger partial charge in [0.05, 0.1) is 12.3 Å². The zero-order valence-corrected chi connectivity index (χ0v) is 12.5. The van der Waals surface area contributed by atoms with Crippen molar-refractivity contribution in [1.29, 1.82) is 0 Å². The Morgan fingerprint density at radius 2 is 1.95 bits per heavy atom. The van der Waals surface area contributed by atoms with Crippen molar-refractivity contribution in [2.75, 3.05) is 26.7 Å². The van der Waals surface area contributed by atoms with Crippen LogP contribution in [0.3, 0.4) is 0 Å². The molecular weight excluding hydrogens is 264 g/mol. The highest BCUT2D eigenvalue weighted by Crippen LogP contribution is 2.27. The van der Waals surface area contributed by atoms with Crippen LogP contribution in [0.25, 0.3) is 0 Å². The molecule has 1 atom stereocenters. The van der Waals surface area contributed by atoms with Gasteiger partial charge >= 0.3 is 0 Å². The first-order valence-electron chi connectivity index (χ1n) is 7.25. The van der Waals surface area contributed by atoms with E-state index in [0.717, 1.165) is 25.2 Å². The predicted molar refractivity (Wildman–Crippen MR) is 81.2 cm³/mol. The number of hydrogen-bond acceptors (Lipinski definition) is 3. The van der Waals surface area contributed by atoms with E-state index >= 15 is 0 Å². The number of furan rings is 1. The minimum Gasteiger partial charge on any atom is -0.459 e. The fourth-order valence-corrected chi connectivity index (χ4v) is 2.85. The zero-order chi connectivity index (χ0) is 14.8. The molecule has 4 heteroatoms. The second-order valence-electron chi connectivity index (χ2n) is 5.62. The van der Waals surface area contributed by atoms with Crippen LogP contribution in [0, 0.1) is 6.92 Å². The third kappa shape index (κ3) is 2.72. The third-order valence-electron chi connectivity index (χ3n) is 4.08. The molecule has 110 valence electrons. The van der Waals surface area contributed by atoms with E-state index in [-0.39, 0.29) is 11.9 Å². The topological polar surface area (TPSA) is 36.7 Å². The van der Waals surface area contributed by atoms with E-state index in [4.69, 9.17) is 4.42 Å². The lowest BCUT2D eigenvalue weighted by Gasteiger charge is -2.40. The quantitative estimate of drug-likeness (QED) is 0.851. The first-order valence-corrected chi connectivity index (χ1v) is 7.25. The molecule has 0 bridgehead atoms. The second-order valence-corrected chi connectivity index (χ2v) is 5.62. The summed E-state index contributed by atoms with van der Waals surface area (Å²) < 4.78 is 5.39. The normalized spacial score (nSPS) is 19.7. The molecule has 1 saturated heterocycles. The first-order chi connectivity index (χ1) is 10.2. The van der Waals surface area contributed by atoms with Gasteiger partial charge in [-0.05, 0) is 25.6 Å². The predicted octanol–water partition coefficient (Wildman–Crippen LogP) is 2.72. The van der Waals surface area contributed by atoms with Gasteiger partial charge in [0, 0.05) is 25.2 Å². The summed E-state index contributed by atoms with van der Waals surface area (Å²) >= 11 is 0. The summed E-state index contributed by atoms with van der Waals surface area (Å²) in [6.45, 7) is 4.35. The molecule has 0 spiro atoms. The number of amides is 1. The number of nitrogens with zero attached hydrogens (tertiary/aromatic N) is 2. The number of likely N-dealkylation sites (N-methyl/N-ethyl adjacent to an activating group) is 1. The molecule has 2 heterocycles. The number of hydrogen-bond donors (Lipinski definition) is 0. The van der Waals surface area contributed by atoms with Gasteiger partial charge in [-0.15, -0.1) is 0 Å². The molecule has 1 aromatic carbocycles. The van der Waals surface area contributed by atoms with E-state index in [1.54, 1.807) is 6.26 Å². The lowest BCUT2D eigenvalue weighted by molar-refractivity contribution is 0.0467. The highest BCUT2D eigenvalue weighted by molar-refractivity contribution is 5.93. The Morgan fingerprint density at radius 1 is 1.19 bits per heavy atom. The van der Waals surface area contributed by atoms with Gasteiger partial charge < -0.3 is 14.2 Å². The minimum absolute atomic E-state index is 0.0144. The monoisotopic (exact) mass is 284 g/mol. The maximum Gasteiger partial charge on any atom is 0.290 e. The van der Waals surface area contributed by atoms with Crippen molar-refractivity contribution in [3.8, 4) is 0 Å². The Bertz CT molecular complexity index is 621. The lowest BCUT2D eigenvalue weighted by atomic mass is 10.0. The summed E-state index contributed by atoms with van der Waals surface area (Å²) in [5, 5.41) is 0. The summed E-state index contributed by atoms with van der Waals surface area (Å²) in [6.07, 6.45) is 1.58. The van der Waals surface area contributed by atoms with Crippen molar-refractivity contribution in [3.63, 3.8) is 0 Å². The Labute approximate surface area is 125 Å². The van der Waals surface area contributed by atoms with E-state index in [1.165, 1.54) is 5.56 Å². The molecule has 1 amide bonds. The van der Waals surface area contributed by atoms with Gasteiger partial charge in [-0.2, -0.15) is 0 Å². The summed E-state index contributed by atoms with van der Waals surface area (Å²) in [6, 6.07) is 12.1. The van der Waals surface area contributed by atoms with Crippen LogP contribution in [0.15, 0.2) is 47.1 Å². The number of rotatable bonds is 2. The van der Waals surface area contributed by atoms with E-state index in [2.05, 4.69) is 24.1 Å². The van der Waals surface area contributed by atoms with Gasteiger partial charge in [0.15, 0.2) is 5.76 Å². The highest BCUT2D eigenvalue weighted by atomic mass is 16.3. The average molecular weight is 284 g/mol. The number of aryl methyl sites for hydroxylation is 1. The van der Waals surface area contributed by atoms with Crippen LogP contribution < -0.4 is 0 Å². The third-order valence-corrected chi connectivity index (χ3v) is 4.08. The SMILES string of the molecule is Cc1ccoc1C(=O)N1CCN(C)CC1c1ccccc1. The number of carbonyl (C=O) groups excluding carboxylic acids is 1. The van der Waals surface area contributed by atoms with Crippen LogP contribution >= 0.6 is 0 Å². The molecule has 0 saturated carbocycles. The van der Waals surface area contributed by atoms with Crippen molar-refractivity contribution in [1.82, 2.24) is 9.80 Å². The van der Waals surface area contributed by atoms with Crippen LogP contribution in [-0.2, 0) is 0 Å². The van der Waals surface area contributed by atoms with Crippen molar-refractivity contribution in [2.45, 2.75) is 13.0 Å². The molecular formula is C17H20N2O2. The van der Waals surface area contributed by atoms with E-state index < -0.39 is 0 Å². The zero-order valence-electron chi connectivity index (χ0n) is 12.5. The Kier molecular flexibility index (Phi) is 3.80. The van der Waals surface area contributed by atoms with Crippen LogP contribution in [0.5, 0.6) is 0 Å². The Hall–Kier alpha value is -2.07. The van der Waals surface area contributed by atoms with Gasteiger partial charge in [-0.25, -0.2) is 0 Å². The lowest BCUT2D eigenvalue weighted by Crippen LogP contribution is -2.49. The molecule has 1 aromatic heterocycles. The molecule has 2 aromatic rings. The van der Waals surface area contributed by atoms with Gasteiger partial charge in [0.25, 0.3) is 5.91 Å². The van der Waals surface area contributed by atoms with Crippen molar-refractivity contribution < 1.29 is 9.21 Å². The first kappa shape index (κ1) is 13.9. The summed E-state index contributed by atoms with van der Waals surface area (Å²) in [5.41, 5.74) is 2.06. The van der Waals surface area contributed by atoms with Gasteiger partial charge in [-0.1, -0.05) is 30.3 Å². The van der Waals surface area contributed by atoms with E-state index in [1.807, 2.05) is 36.1 Å². The molecule has 0 N–H and O–H groups in total. The van der Waals surface area contributed by atoms with Crippen LogP contribution in [0.2, 0.25) is 0 Å². The smallest absolute Gasteiger partial charge is 0.290 e. The summed E-state index contributed by atoms with van der Waals surface area (Å²) in [7, 11) is 2.09. The maximum atomic E-state index is 12.8. The van der Waals surface area contributed by atoms with Crippen LogP contribution in [0.1, 0.15) is 27.7 Å². The summed E-state index contributed by atoms with van der Waals surface area (Å²) in [4.78, 5) is 17.0. The van der Waals surface area contributed by atoms with Gasteiger partial charge in [0.1, 0.15) is 0 Å². The second kappa shape index (κ2) is 5.74. The van der Waals surface area contributed by atoms with Gasteiger partial charge in [0.2, 0.25) is 0 Å². The largest absolute Gasteiger partial charge is 0.459 e. The molecule has 3 rings (SSSR count). The molecule has 21 heavy (non-hydrogen) atoms. The molecule has 1 aliphatic rings. The number of benzene rings is 1. The fraction of sp³-hybridized carbons (Fsp3) is 0.353. The average Bonchev–Trinajstić information content (AvgIpc) is 2.93. The van der Waals surface area contributed by atoms with Crippen molar-refractivity contribution >= 4 is 5.91 Å². The van der Waals surface area contributed by atoms with Crippen LogP contribution in [0.4, 0.5) is 0 Å². The van der Waals surface area contributed by atoms with E-state index in [0.29, 0.717) is 5.76 Å². The maximum absolute atomic E-state index is 12.8. The molecule has 1 fully saturated rings. The standard InChI is InChI=1S/C17H20N2O2/c1-13-8-11-21-16(13)17(20)19-10-9-18(2)12-15(19)14-6-4-3-5-7-14/h3-8,11,15H,9-10,12H2,1-2H3. The number of piperazine rings is 1. The minimum atomic E-state index is -0.0144. The molecule has 1 unspecified atom stereocenters. The van der Waals surface area contributed by atoms with Gasteiger partial charge in [-0.3, -0.25) is 4.79 Å². The van der Waals surface area contributed by atoms with Crippen molar-refractivity contribution in [2.24, 2.45) is 0 Å². The Balaban J connectivity index is 1.91. The highest BCUT2D eigenvalue weighted by Gasteiger charge is 2.32. The fourth-order valence-electron chi connectivity index (χ4n) is 2.85. The van der Waals surface area contributed by atoms with Crippen LogP contribution in [-0.4, -0.2) is 42.4 Å². The molecule has 4 nitrogen and oxygen atoms in total. The summed E-state index contributed by atoms with van der Waals surface area (Å²) in [5.74, 6) is 0.444. The molecule has 0 radical (unpaired) electrons. The van der Waals surface area contributed by atoms with Crippen molar-refractivity contribution in [3.05, 3.63) is 59.5 Å². The Morgan fingerprint density at radius 3 is 2.62 bits per heavy atom. The van der Waals surface area contributed by atoms with E-state index in [9.17, 15) is 4.79 Å². The molecule has 0 aliphatic carbocycles. The molecule has 1 aliphatic heterocycles.